The SMILES string of the molecule is O=C(O)C1=Cc2cc([N+](=O)[O-])ccc2OC1C(F)(F)F. The van der Waals surface area contributed by atoms with Gasteiger partial charge in [-0.15, -0.1) is 0 Å². The minimum atomic E-state index is -4.90. The number of carboxylic acid groups (broad SMARTS) is 1. The van der Waals surface area contributed by atoms with E-state index in [1.807, 2.05) is 0 Å². The standard InChI is InChI=1S/C11H6F3NO5/c12-11(13,14)9-7(10(16)17)4-5-3-6(15(18)19)1-2-8(5)20-9/h1-4,9H,(H,16,17). The molecule has 0 aliphatic carbocycles. The molecular formula is C11H6F3NO5. The first kappa shape index (κ1) is 13.8. The molecule has 0 saturated heterocycles. The lowest BCUT2D eigenvalue weighted by Gasteiger charge is -2.26. The monoisotopic (exact) mass is 289 g/mol. The van der Waals surface area contributed by atoms with Gasteiger partial charge in [0, 0.05) is 17.7 Å². The van der Waals surface area contributed by atoms with Crippen LogP contribution in [0.15, 0.2) is 23.8 Å². The van der Waals surface area contributed by atoms with Crippen molar-refractivity contribution >= 4 is 17.7 Å². The molecule has 1 aliphatic heterocycles. The summed E-state index contributed by atoms with van der Waals surface area (Å²) in [7, 11) is 0. The van der Waals surface area contributed by atoms with E-state index in [0.29, 0.717) is 0 Å². The number of nitrogens with zero attached hydrogens (tertiary/aromatic N) is 1. The number of halogens is 3. The van der Waals surface area contributed by atoms with Gasteiger partial charge in [-0.1, -0.05) is 0 Å². The Labute approximate surface area is 109 Å². The van der Waals surface area contributed by atoms with E-state index in [0.717, 1.165) is 24.3 Å². The Hall–Kier alpha value is -2.58. The Morgan fingerprint density at radius 2 is 2.05 bits per heavy atom. The van der Waals surface area contributed by atoms with Crippen molar-refractivity contribution in [1.82, 2.24) is 0 Å². The number of ether oxygens (including phenoxy) is 1. The van der Waals surface area contributed by atoms with Crippen molar-refractivity contribution < 1.29 is 32.7 Å². The number of benzene rings is 1. The van der Waals surface area contributed by atoms with E-state index in [-0.39, 0.29) is 17.0 Å². The van der Waals surface area contributed by atoms with Crippen molar-refractivity contribution in [3.05, 3.63) is 39.4 Å². The highest BCUT2D eigenvalue weighted by Crippen LogP contribution is 2.38. The molecule has 0 fully saturated rings. The fraction of sp³-hybridized carbons (Fsp3) is 0.182. The van der Waals surface area contributed by atoms with Gasteiger partial charge < -0.3 is 9.84 Å². The van der Waals surface area contributed by atoms with Crippen LogP contribution in [0.1, 0.15) is 5.56 Å². The van der Waals surface area contributed by atoms with Gasteiger partial charge in [0.15, 0.2) is 0 Å². The number of rotatable bonds is 2. The Balaban J connectivity index is 2.54. The molecular weight excluding hydrogens is 283 g/mol. The summed E-state index contributed by atoms with van der Waals surface area (Å²) in [6, 6.07) is 2.93. The highest BCUT2D eigenvalue weighted by atomic mass is 19.4. The summed E-state index contributed by atoms with van der Waals surface area (Å²) in [4.78, 5) is 20.7. The van der Waals surface area contributed by atoms with Gasteiger partial charge in [-0.3, -0.25) is 10.1 Å². The zero-order valence-electron chi connectivity index (χ0n) is 9.55. The number of hydrogen-bond acceptors (Lipinski definition) is 4. The molecule has 106 valence electrons. The van der Waals surface area contributed by atoms with Crippen molar-refractivity contribution in [3.8, 4) is 5.75 Å². The summed E-state index contributed by atoms with van der Waals surface area (Å²) >= 11 is 0. The van der Waals surface area contributed by atoms with Crippen LogP contribution < -0.4 is 4.74 Å². The van der Waals surface area contributed by atoms with Gasteiger partial charge >= 0.3 is 12.1 Å². The van der Waals surface area contributed by atoms with Crippen LogP contribution >= 0.6 is 0 Å². The lowest BCUT2D eigenvalue weighted by atomic mass is 10.0. The number of carboxylic acids is 1. The molecule has 2 rings (SSSR count). The van der Waals surface area contributed by atoms with Crippen LogP contribution in [-0.4, -0.2) is 28.3 Å². The third kappa shape index (κ3) is 2.42. The number of alkyl halides is 3. The third-order valence-electron chi connectivity index (χ3n) is 2.59. The van der Waals surface area contributed by atoms with Crippen LogP contribution in [0.25, 0.3) is 6.08 Å². The van der Waals surface area contributed by atoms with Gasteiger partial charge in [0.1, 0.15) is 5.75 Å². The average molecular weight is 289 g/mol. The molecule has 0 radical (unpaired) electrons. The molecule has 0 aromatic heterocycles. The van der Waals surface area contributed by atoms with Gasteiger partial charge in [-0.2, -0.15) is 13.2 Å². The van der Waals surface area contributed by atoms with E-state index in [1.54, 1.807) is 0 Å². The van der Waals surface area contributed by atoms with Crippen molar-refractivity contribution in [3.63, 3.8) is 0 Å². The molecule has 1 heterocycles. The van der Waals surface area contributed by atoms with E-state index < -0.39 is 28.7 Å². The average Bonchev–Trinajstić information content (AvgIpc) is 2.35. The molecule has 0 amide bonds. The first-order chi connectivity index (χ1) is 9.20. The van der Waals surface area contributed by atoms with Crippen LogP contribution in [0, 0.1) is 10.1 Å². The maximum absolute atomic E-state index is 12.7. The summed E-state index contributed by atoms with van der Waals surface area (Å²) in [5.74, 6) is -2.06. The number of nitro benzene ring substituents is 1. The van der Waals surface area contributed by atoms with Crippen molar-refractivity contribution in [1.29, 1.82) is 0 Å². The van der Waals surface area contributed by atoms with Gasteiger partial charge in [-0.25, -0.2) is 4.79 Å². The summed E-state index contributed by atoms with van der Waals surface area (Å²) in [6.45, 7) is 0. The van der Waals surface area contributed by atoms with Crippen LogP contribution in [0.2, 0.25) is 0 Å². The number of hydrogen-bond donors (Lipinski definition) is 1. The third-order valence-corrected chi connectivity index (χ3v) is 2.59. The van der Waals surface area contributed by atoms with Crippen LogP contribution in [0.4, 0.5) is 18.9 Å². The van der Waals surface area contributed by atoms with E-state index in [9.17, 15) is 28.1 Å². The maximum atomic E-state index is 12.7. The fourth-order valence-corrected chi connectivity index (χ4v) is 1.72. The molecule has 0 saturated carbocycles. The summed E-state index contributed by atoms with van der Waals surface area (Å²) in [5.41, 5.74) is -1.48. The molecule has 1 N–H and O–H groups in total. The van der Waals surface area contributed by atoms with E-state index in [1.165, 1.54) is 0 Å². The molecule has 0 spiro atoms. The number of aliphatic carboxylic acids is 1. The van der Waals surface area contributed by atoms with Gasteiger partial charge in [-0.05, 0) is 12.1 Å². The molecule has 9 heteroatoms. The first-order valence-electron chi connectivity index (χ1n) is 5.17. The second-order valence-corrected chi connectivity index (χ2v) is 3.92. The predicted octanol–water partition coefficient (Wildman–Crippen LogP) is 2.39. The Morgan fingerprint density at radius 1 is 1.40 bits per heavy atom. The summed E-state index contributed by atoms with van der Waals surface area (Å²) in [6.07, 6.45) is -6.77. The molecule has 0 bridgehead atoms. The van der Waals surface area contributed by atoms with Crippen molar-refractivity contribution in [2.75, 3.05) is 0 Å². The smallest absolute Gasteiger partial charge is 0.430 e. The maximum Gasteiger partial charge on any atom is 0.430 e. The van der Waals surface area contributed by atoms with E-state index in [2.05, 4.69) is 4.74 Å². The Morgan fingerprint density at radius 3 is 2.55 bits per heavy atom. The molecule has 1 aromatic rings. The van der Waals surface area contributed by atoms with E-state index in [4.69, 9.17) is 5.11 Å². The van der Waals surface area contributed by atoms with Crippen molar-refractivity contribution in [2.24, 2.45) is 0 Å². The van der Waals surface area contributed by atoms with Crippen LogP contribution in [0.5, 0.6) is 5.75 Å². The molecule has 1 unspecified atom stereocenters. The molecule has 6 nitrogen and oxygen atoms in total. The minimum Gasteiger partial charge on any atom is -0.478 e. The number of nitro groups is 1. The normalized spacial score (nSPS) is 17.8. The first-order valence-corrected chi connectivity index (χ1v) is 5.17. The Bertz CT molecular complexity index is 623. The number of non-ortho nitro benzene ring substituents is 1. The molecule has 20 heavy (non-hydrogen) atoms. The number of fused-ring (bicyclic) bond motifs is 1. The lowest BCUT2D eigenvalue weighted by molar-refractivity contribution is -0.384. The van der Waals surface area contributed by atoms with Gasteiger partial charge in [0.2, 0.25) is 6.10 Å². The second-order valence-electron chi connectivity index (χ2n) is 3.92. The zero-order chi connectivity index (χ0) is 15.1. The predicted molar refractivity (Wildman–Crippen MR) is 59.2 cm³/mol. The molecule has 1 aromatic carbocycles. The van der Waals surface area contributed by atoms with Crippen LogP contribution in [-0.2, 0) is 4.79 Å². The Kier molecular flexibility index (Phi) is 3.12. The topological polar surface area (TPSA) is 89.7 Å². The minimum absolute atomic E-state index is 0.0860. The highest BCUT2D eigenvalue weighted by molar-refractivity contribution is 5.95. The van der Waals surface area contributed by atoms with Gasteiger partial charge in [0.25, 0.3) is 5.69 Å². The molecule has 1 atom stereocenters. The fourth-order valence-electron chi connectivity index (χ4n) is 1.72. The zero-order valence-corrected chi connectivity index (χ0v) is 9.55. The second kappa shape index (κ2) is 4.51. The quantitative estimate of drug-likeness (QED) is 0.667. The summed E-state index contributed by atoms with van der Waals surface area (Å²) in [5, 5.41) is 19.4. The largest absolute Gasteiger partial charge is 0.478 e. The number of carbonyl (C=O) groups is 1. The lowest BCUT2D eigenvalue weighted by Crippen LogP contribution is -2.40. The summed E-state index contributed by atoms with van der Waals surface area (Å²) < 4.78 is 42.8. The van der Waals surface area contributed by atoms with Crippen molar-refractivity contribution in [2.45, 2.75) is 12.3 Å². The van der Waals surface area contributed by atoms with Crippen LogP contribution in [0.3, 0.4) is 0 Å². The molecule has 1 aliphatic rings. The van der Waals surface area contributed by atoms with E-state index >= 15 is 0 Å². The van der Waals surface area contributed by atoms with Gasteiger partial charge in [0.05, 0.1) is 10.5 Å². The highest BCUT2D eigenvalue weighted by Gasteiger charge is 2.48.